The number of hydrogen-bond donors (Lipinski definition) is 2. The van der Waals surface area contributed by atoms with Gasteiger partial charge in [0.2, 0.25) is 5.95 Å². The standard InChI is InChI=1S/C17H26N4O4/c1-17(2)9-13(22)14(23)10-21(11-17)15(24)12-3-4-18-16(19-12)20-5-7-25-8-6-20/h3-4,13-14,22-23H,5-11H2,1-2H3/t13-,14+/m1/s1. The van der Waals surface area contributed by atoms with Crippen LogP contribution in [0.3, 0.4) is 0 Å². The SMILES string of the molecule is CC1(C)C[C@@H](O)[C@@H](O)CN(C(=O)c2ccnc(N3CCOCC3)n2)C1. The van der Waals surface area contributed by atoms with Crippen LogP contribution in [-0.2, 0) is 4.74 Å². The third-order valence-corrected chi connectivity index (χ3v) is 4.68. The molecule has 0 spiro atoms. The lowest BCUT2D eigenvalue weighted by Crippen LogP contribution is -2.42. The number of β-amino-alcohol motifs (C(OH)–C–C–N with tert-alkyl or cyclic N) is 1. The van der Waals surface area contributed by atoms with Gasteiger partial charge in [-0.05, 0) is 17.9 Å². The lowest BCUT2D eigenvalue weighted by atomic mass is 9.86. The van der Waals surface area contributed by atoms with Crippen molar-refractivity contribution in [2.24, 2.45) is 5.41 Å². The van der Waals surface area contributed by atoms with Crippen molar-refractivity contribution in [1.82, 2.24) is 14.9 Å². The molecule has 2 aliphatic heterocycles. The monoisotopic (exact) mass is 350 g/mol. The van der Waals surface area contributed by atoms with Crippen LogP contribution in [0.25, 0.3) is 0 Å². The molecule has 1 aromatic heterocycles. The number of carbonyl (C=O) groups excluding carboxylic acids is 1. The summed E-state index contributed by atoms with van der Waals surface area (Å²) in [5, 5.41) is 20.2. The Bertz CT molecular complexity index is 618. The van der Waals surface area contributed by atoms with Crippen molar-refractivity contribution in [3.8, 4) is 0 Å². The van der Waals surface area contributed by atoms with Gasteiger partial charge in [0.25, 0.3) is 5.91 Å². The number of hydrogen-bond acceptors (Lipinski definition) is 7. The van der Waals surface area contributed by atoms with E-state index in [0.29, 0.717) is 50.9 Å². The molecule has 0 saturated carbocycles. The molecule has 3 heterocycles. The van der Waals surface area contributed by atoms with Crippen LogP contribution in [0.1, 0.15) is 30.8 Å². The average Bonchev–Trinajstić information content (AvgIpc) is 2.70. The summed E-state index contributed by atoms with van der Waals surface area (Å²) < 4.78 is 5.33. The van der Waals surface area contributed by atoms with Gasteiger partial charge < -0.3 is 24.7 Å². The van der Waals surface area contributed by atoms with Gasteiger partial charge >= 0.3 is 0 Å². The molecule has 1 aromatic rings. The number of amides is 1. The minimum absolute atomic E-state index is 0.0975. The second-order valence-electron chi connectivity index (χ2n) is 7.53. The molecule has 2 fully saturated rings. The number of morpholine rings is 1. The van der Waals surface area contributed by atoms with E-state index in [4.69, 9.17) is 4.74 Å². The quantitative estimate of drug-likeness (QED) is 0.769. The van der Waals surface area contributed by atoms with E-state index >= 15 is 0 Å². The summed E-state index contributed by atoms with van der Waals surface area (Å²) in [6.45, 7) is 7.13. The Hall–Kier alpha value is -1.77. The highest BCUT2D eigenvalue weighted by Gasteiger charge is 2.36. The maximum Gasteiger partial charge on any atom is 0.272 e. The maximum atomic E-state index is 12.9. The van der Waals surface area contributed by atoms with E-state index in [2.05, 4.69) is 9.97 Å². The highest BCUT2D eigenvalue weighted by molar-refractivity contribution is 5.92. The van der Waals surface area contributed by atoms with Crippen LogP contribution in [0, 0.1) is 5.41 Å². The van der Waals surface area contributed by atoms with E-state index in [0.717, 1.165) is 0 Å². The molecule has 25 heavy (non-hydrogen) atoms. The lowest BCUT2D eigenvalue weighted by molar-refractivity contribution is 0.00362. The van der Waals surface area contributed by atoms with E-state index in [9.17, 15) is 15.0 Å². The molecule has 0 bridgehead atoms. The molecule has 138 valence electrons. The summed E-state index contributed by atoms with van der Waals surface area (Å²) in [5.74, 6) is 0.266. The summed E-state index contributed by atoms with van der Waals surface area (Å²) >= 11 is 0. The minimum Gasteiger partial charge on any atom is -0.390 e. The van der Waals surface area contributed by atoms with Gasteiger partial charge in [-0.1, -0.05) is 13.8 Å². The van der Waals surface area contributed by atoms with Crippen molar-refractivity contribution in [2.75, 3.05) is 44.3 Å². The normalized spacial score (nSPS) is 27.0. The van der Waals surface area contributed by atoms with Gasteiger partial charge in [-0.2, -0.15) is 0 Å². The Morgan fingerprint density at radius 3 is 2.72 bits per heavy atom. The predicted molar refractivity (Wildman–Crippen MR) is 91.4 cm³/mol. The second kappa shape index (κ2) is 7.23. The first kappa shape index (κ1) is 18.0. The third-order valence-electron chi connectivity index (χ3n) is 4.68. The molecule has 1 amide bonds. The first-order valence-corrected chi connectivity index (χ1v) is 8.67. The molecular formula is C17H26N4O4. The van der Waals surface area contributed by atoms with Gasteiger partial charge in [0.05, 0.1) is 25.4 Å². The number of aromatic nitrogens is 2. The Morgan fingerprint density at radius 1 is 1.28 bits per heavy atom. The molecule has 0 radical (unpaired) electrons. The zero-order chi connectivity index (χ0) is 18.0. The highest BCUT2D eigenvalue weighted by Crippen LogP contribution is 2.29. The number of rotatable bonds is 2. The fourth-order valence-electron chi connectivity index (χ4n) is 3.40. The van der Waals surface area contributed by atoms with Crippen LogP contribution in [0.2, 0.25) is 0 Å². The largest absolute Gasteiger partial charge is 0.390 e. The molecule has 2 atom stereocenters. The Kier molecular flexibility index (Phi) is 5.21. The average molecular weight is 350 g/mol. The van der Waals surface area contributed by atoms with Crippen LogP contribution >= 0.6 is 0 Å². The zero-order valence-corrected chi connectivity index (χ0v) is 14.8. The fraction of sp³-hybridized carbons (Fsp3) is 0.706. The first-order chi connectivity index (χ1) is 11.9. The van der Waals surface area contributed by atoms with Gasteiger partial charge in [-0.3, -0.25) is 4.79 Å². The molecule has 0 aromatic carbocycles. The molecule has 8 heteroatoms. The molecule has 3 rings (SSSR count). The van der Waals surface area contributed by atoms with Gasteiger partial charge in [0.15, 0.2) is 0 Å². The summed E-state index contributed by atoms with van der Waals surface area (Å²) in [7, 11) is 0. The van der Waals surface area contributed by atoms with Crippen LogP contribution in [0.15, 0.2) is 12.3 Å². The van der Waals surface area contributed by atoms with Crippen molar-refractivity contribution in [1.29, 1.82) is 0 Å². The van der Waals surface area contributed by atoms with Crippen molar-refractivity contribution < 1.29 is 19.7 Å². The summed E-state index contributed by atoms with van der Waals surface area (Å²) in [6.07, 6.45) is 0.244. The zero-order valence-electron chi connectivity index (χ0n) is 14.8. The minimum atomic E-state index is -0.953. The van der Waals surface area contributed by atoms with Gasteiger partial charge in [0, 0.05) is 32.4 Å². The number of aliphatic hydroxyl groups is 2. The Labute approximate surface area is 147 Å². The summed E-state index contributed by atoms with van der Waals surface area (Å²) in [6, 6.07) is 1.59. The molecule has 2 N–H and O–H groups in total. The number of likely N-dealkylation sites (tertiary alicyclic amines) is 1. The summed E-state index contributed by atoms with van der Waals surface area (Å²) in [4.78, 5) is 25.2. The van der Waals surface area contributed by atoms with E-state index in [-0.39, 0.29) is 17.9 Å². The molecule has 2 saturated heterocycles. The number of carbonyl (C=O) groups is 1. The number of nitrogens with zero attached hydrogens (tertiary/aromatic N) is 4. The molecule has 8 nitrogen and oxygen atoms in total. The van der Waals surface area contributed by atoms with E-state index in [1.807, 2.05) is 18.7 Å². The Morgan fingerprint density at radius 2 is 2.00 bits per heavy atom. The number of aliphatic hydroxyl groups excluding tert-OH is 2. The van der Waals surface area contributed by atoms with Crippen molar-refractivity contribution in [3.05, 3.63) is 18.0 Å². The molecule has 0 unspecified atom stereocenters. The smallest absolute Gasteiger partial charge is 0.272 e. The molecule has 0 aliphatic carbocycles. The van der Waals surface area contributed by atoms with E-state index < -0.39 is 12.2 Å². The lowest BCUT2D eigenvalue weighted by Gasteiger charge is -2.30. The van der Waals surface area contributed by atoms with Crippen LogP contribution in [0.5, 0.6) is 0 Å². The molecular weight excluding hydrogens is 324 g/mol. The number of ether oxygens (including phenoxy) is 1. The van der Waals surface area contributed by atoms with Crippen molar-refractivity contribution in [3.63, 3.8) is 0 Å². The summed E-state index contributed by atoms with van der Waals surface area (Å²) in [5.41, 5.74) is 0.0166. The van der Waals surface area contributed by atoms with Crippen molar-refractivity contribution in [2.45, 2.75) is 32.5 Å². The predicted octanol–water partition coefficient (Wildman–Crippen LogP) is -0.0929. The fourth-order valence-corrected chi connectivity index (χ4v) is 3.40. The third kappa shape index (κ3) is 4.26. The van der Waals surface area contributed by atoms with Crippen LogP contribution in [-0.4, -0.2) is 82.6 Å². The van der Waals surface area contributed by atoms with Gasteiger partial charge in [-0.25, -0.2) is 9.97 Å². The van der Waals surface area contributed by atoms with Gasteiger partial charge in [-0.15, -0.1) is 0 Å². The number of anilines is 1. The molecule has 2 aliphatic rings. The topological polar surface area (TPSA) is 99.0 Å². The highest BCUT2D eigenvalue weighted by atomic mass is 16.5. The van der Waals surface area contributed by atoms with Crippen LogP contribution < -0.4 is 4.90 Å². The van der Waals surface area contributed by atoms with E-state index in [1.165, 1.54) is 0 Å². The Balaban J connectivity index is 1.79. The van der Waals surface area contributed by atoms with E-state index in [1.54, 1.807) is 17.2 Å². The second-order valence-corrected chi connectivity index (χ2v) is 7.53. The van der Waals surface area contributed by atoms with Crippen molar-refractivity contribution >= 4 is 11.9 Å². The maximum absolute atomic E-state index is 12.9. The van der Waals surface area contributed by atoms with Gasteiger partial charge in [0.1, 0.15) is 5.69 Å². The first-order valence-electron chi connectivity index (χ1n) is 8.67. The van der Waals surface area contributed by atoms with Crippen LogP contribution in [0.4, 0.5) is 5.95 Å².